The van der Waals surface area contributed by atoms with Crippen LogP contribution in [-0.2, 0) is 16.1 Å². The van der Waals surface area contributed by atoms with Crippen molar-refractivity contribution >= 4 is 12.0 Å². The molecule has 1 fully saturated rings. The zero-order chi connectivity index (χ0) is 13.0. The molecule has 4 heteroatoms. The summed E-state index contributed by atoms with van der Waals surface area (Å²) in [7, 11) is 0. The van der Waals surface area contributed by atoms with Crippen molar-refractivity contribution in [3.63, 3.8) is 0 Å². The SMILES string of the molecule is O=C(O)C=Cc1cc(COCC2CC2)ccc1F. The van der Waals surface area contributed by atoms with Crippen LogP contribution in [0, 0.1) is 11.7 Å². The van der Waals surface area contributed by atoms with Gasteiger partial charge in [0.15, 0.2) is 0 Å². The van der Waals surface area contributed by atoms with Crippen LogP contribution in [0.2, 0.25) is 0 Å². The normalized spacial score (nSPS) is 15.2. The molecule has 96 valence electrons. The summed E-state index contributed by atoms with van der Waals surface area (Å²) in [6.07, 6.45) is 4.64. The lowest BCUT2D eigenvalue weighted by molar-refractivity contribution is -0.131. The van der Waals surface area contributed by atoms with E-state index < -0.39 is 11.8 Å². The molecule has 1 aromatic carbocycles. The smallest absolute Gasteiger partial charge is 0.328 e. The van der Waals surface area contributed by atoms with Crippen LogP contribution in [0.1, 0.15) is 24.0 Å². The number of halogens is 1. The van der Waals surface area contributed by atoms with Gasteiger partial charge in [-0.1, -0.05) is 6.07 Å². The van der Waals surface area contributed by atoms with E-state index >= 15 is 0 Å². The summed E-state index contributed by atoms with van der Waals surface area (Å²) >= 11 is 0. The molecule has 0 atom stereocenters. The van der Waals surface area contributed by atoms with Gasteiger partial charge in [0.1, 0.15) is 5.82 Å². The van der Waals surface area contributed by atoms with Gasteiger partial charge in [0.2, 0.25) is 0 Å². The molecule has 2 rings (SSSR count). The minimum absolute atomic E-state index is 0.268. The van der Waals surface area contributed by atoms with Crippen LogP contribution in [0.3, 0.4) is 0 Å². The van der Waals surface area contributed by atoms with E-state index in [0.717, 1.165) is 18.2 Å². The van der Waals surface area contributed by atoms with E-state index in [9.17, 15) is 9.18 Å². The molecule has 0 spiro atoms. The molecule has 3 nitrogen and oxygen atoms in total. The Morgan fingerprint density at radius 2 is 2.28 bits per heavy atom. The average molecular weight is 250 g/mol. The molecule has 1 aromatic rings. The maximum Gasteiger partial charge on any atom is 0.328 e. The fourth-order valence-corrected chi connectivity index (χ4v) is 1.60. The van der Waals surface area contributed by atoms with Crippen LogP contribution in [0.15, 0.2) is 24.3 Å². The van der Waals surface area contributed by atoms with Crippen molar-refractivity contribution in [3.05, 3.63) is 41.2 Å². The average Bonchev–Trinajstić information content (AvgIpc) is 3.13. The molecule has 0 amide bonds. The van der Waals surface area contributed by atoms with Gasteiger partial charge in [0.25, 0.3) is 0 Å². The number of rotatable bonds is 6. The quantitative estimate of drug-likeness (QED) is 0.790. The van der Waals surface area contributed by atoms with Gasteiger partial charge in [0, 0.05) is 18.2 Å². The third-order valence-corrected chi connectivity index (χ3v) is 2.79. The molecule has 0 saturated heterocycles. The van der Waals surface area contributed by atoms with E-state index in [1.165, 1.54) is 25.0 Å². The van der Waals surface area contributed by atoms with E-state index in [0.29, 0.717) is 12.5 Å². The summed E-state index contributed by atoms with van der Waals surface area (Å²) in [6, 6.07) is 4.60. The van der Waals surface area contributed by atoms with Crippen LogP contribution >= 0.6 is 0 Å². The van der Waals surface area contributed by atoms with Crippen LogP contribution in [0.25, 0.3) is 6.08 Å². The molecule has 1 saturated carbocycles. The lowest BCUT2D eigenvalue weighted by Gasteiger charge is -2.05. The van der Waals surface area contributed by atoms with E-state index in [1.807, 2.05) is 0 Å². The predicted octanol–water partition coefficient (Wildman–Crippen LogP) is 2.85. The van der Waals surface area contributed by atoms with Crippen molar-refractivity contribution in [2.45, 2.75) is 19.4 Å². The monoisotopic (exact) mass is 250 g/mol. The summed E-state index contributed by atoms with van der Waals surface area (Å²) in [5.74, 6) is -0.833. The maximum atomic E-state index is 13.4. The van der Waals surface area contributed by atoms with Crippen LogP contribution in [0.5, 0.6) is 0 Å². The lowest BCUT2D eigenvalue weighted by atomic mass is 10.1. The Balaban J connectivity index is 1.97. The maximum absolute atomic E-state index is 13.4. The van der Waals surface area contributed by atoms with Gasteiger partial charge in [-0.15, -0.1) is 0 Å². The van der Waals surface area contributed by atoms with Crippen LogP contribution in [-0.4, -0.2) is 17.7 Å². The van der Waals surface area contributed by atoms with Crippen molar-refractivity contribution in [1.29, 1.82) is 0 Å². The third kappa shape index (κ3) is 3.96. The standard InChI is InChI=1S/C14H15FO3/c15-13-5-3-11(9-18-8-10-1-2-10)7-12(13)4-6-14(16)17/h3-7,10H,1-2,8-9H2,(H,16,17). The highest BCUT2D eigenvalue weighted by Gasteiger charge is 2.21. The number of aliphatic carboxylic acids is 1. The number of carboxylic acid groups (broad SMARTS) is 1. The second-order valence-electron chi connectivity index (χ2n) is 4.49. The molecule has 1 N–H and O–H groups in total. The molecule has 1 aliphatic rings. The van der Waals surface area contributed by atoms with Crippen LogP contribution < -0.4 is 0 Å². The molecule has 0 heterocycles. The molecule has 0 aliphatic heterocycles. The summed E-state index contributed by atoms with van der Waals surface area (Å²) in [4.78, 5) is 10.4. The number of carboxylic acids is 1. The lowest BCUT2D eigenvalue weighted by Crippen LogP contribution is -1.98. The van der Waals surface area contributed by atoms with E-state index in [4.69, 9.17) is 9.84 Å². The summed E-state index contributed by atoms with van der Waals surface area (Å²) in [6.45, 7) is 1.18. The number of hydrogen-bond acceptors (Lipinski definition) is 2. The molecule has 0 radical (unpaired) electrons. The van der Waals surface area contributed by atoms with Gasteiger partial charge in [0.05, 0.1) is 6.61 Å². The molecule has 18 heavy (non-hydrogen) atoms. The Labute approximate surface area is 105 Å². The first-order valence-corrected chi connectivity index (χ1v) is 5.92. The number of ether oxygens (including phenoxy) is 1. The zero-order valence-electron chi connectivity index (χ0n) is 9.93. The fourth-order valence-electron chi connectivity index (χ4n) is 1.60. The first-order valence-electron chi connectivity index (χ1n) is 5.92. The highest BCUT2D eigenvalue weighted by atomic mass is 19.1. The molecule has 0 aromatic heterocycles. The van der Waals surface area contributed by atoms with Crippen molar-refractivity contribution in [1.82, 2.24) is 0 Å². The van der Waals surface area contributed by atoms with Crippen molar-refractivity contribution < 1.29 is 19.0 Å². The predicted molar refractivity (Wildman–Crippen MR) is 65.4 cm³/mol. The second-order valence-corrected chi connectivity index (χ2v) is 4.49. The molecule has 1 aliphatic carbocycles. The Morgan fingerprint density at radius 3 is 2.94 bits per heavy atom. The first-order chi connectivity index (χ1) is 8.65. The van der Waals surface area contributed by atoms with E-state index in [2.05, 4.69) is 0 Å². The third-order valence-electron chi connectivity index (χ3n) is 2.79. The molecule has 0 unspecified atom stereocenters. The van der Waals surface area contributed by atoms with Crippen LogP contribution in [0.4, 0.5) is 4.39 Å². The van der Waals surface area contributed by atoms with Gasteiger partial charge in [-0.05, 0) is 42.5 Å². The van der Waals surface area contributed by atoms with Gasteiger partial charge >= 0.3 is 5.97 Å². The Hall–Kier alpha value is -1.68. The zero-order valence-corrected chi connectivity index (χ0v) is 9.93. The molecular formula is C14H15FO3. The highest BCUT2D eigenvalue weighted by molar-refractivity contribution is 5.85. The molecule has 0 bridgehead atoms. The van der Waals surface area contributed by atoms with Gasteiger partial charge in [-0.2, -0.15) is 0 Å². The highest BCUT2D eigenvalue weighted by Crippen LogP contribution is 2.29. The van der Waals surface area contributed by atoms with Gasteiger partial charge in [-0.25, -0.2) is 9.18 Å². The summed E-state index contributed by atoms with van der Waals surface area (Å²) in [5, 5.41) is 8.51. The number of benzene rings is 1. The topological polar surface area (TPSA) is 46.5 Å². The summed E-state index contributed by atoms with van der Waals surface area (Å²) in [5.41, 5.74) is 1.12. The van der Waals surface area contributed by atoms with Crippen molar-refractivity contribution in [3.8, 4) is 0 Å². The minimum atomic E-state index is -1.09. The Bertz CT molecular complexity index is 464. The van der Waals surface area contributed by atoms with Crippen molar-refractivity contribution in [2.75, 3.05) is 6.61 Å². The summed E-state index contributed by atoms with van der Waals surface area (Å²) < 4.78 is 18.9. The largest absolute Gasteiger partial charge is 0.478 e. The number of carbonyl (C=O) groups is 1. The fraction of sp³-hybridized carbons (Fsp3) is 0.357. The minimum Gasteiger partial charge on any atom is -0.478 e. The Morgan fingerprint density at radius 1 is 1.50 bits per heavy atom. The second kappa shape index (κ2) is 5.78. The first kappa shape index (κ1) is 12.8. The van der Waals surface area contributed by atoms with Gasteiger partial charge in [-0.3, -0.25) is 0 Å². The van der Waals surface area contributed by atoms with Crippen molar-refractivity contribution in [2.24, 2.45) is 5.92 Å². The van der Waals surface area contributed by atoms with E-state index in [-0.39, 0.29) is 5.56 Å². The van der Waals surface area contributed by atoms with Gasteiger partial charge < -0.3 is 9.84 Å². The number of hydrogen-bond donors (Lipinski definition) is 1. The Kier molecular flexibility index (Phi) is 4.10. The molecular weight excluding hydrogens is 235 g/mol. The van der Waals surface area contributed by atoms with E-state index in [1.54, 1.807) is 12.1 Å².